The molecule has 3 rings (SSSR count). The van der Waals surface area contributed by atoms with Crippen LogP contribution < -0.4 is 5.32 Å². The molecule has 1 aliphatic rings. The maximum Gasteiger partial charge on any atom is 0.337 e. The van der Waals surface area contributed by atoms with E-state index in [9.17, 15) is 14.4 Å². The molecule has 1 saturated heterocycles. The highest BCUT2D eigenvalue weighted by Crippen LogP contribution is 2.29. The lowest BCUT2D eigenvalue weighted by Crippen LogP contribution is -2.30. The van der Waals surface area contributed by atoms with Crippen molar-refractivity contribution >= 4 is 23.5 Å². The van der Waals surface area contributed by atoms with Crippen LogP contribution in [0.4, 0.5) is 5.69 Å². The molecule has 140 valence electrons. The average molecular weight is 366 g/mol. The van der Waals surface area contributed by atoms with Crippen molar-refractivity contribution in [1.29, 1.82) is 0 Å². The van der Waals surface area contributed by atoms with Crippen LogP contribution in [0.25, 0.3) is 0 Å². The highest BCUT2D eigenvalue weighted by molar-refractivity contribution is 5.98. The molecule has 1 heterocycles. The minimum Gasteiger partial charge on any atom is -0.465 e. The fourth-order valence-corrected chi connectivity index (χ4v) is 3.28. The average Bonchev–Trinajstić information content (AvgIpc) is 3.09. The van der Waals surface area contributed by atoms with Crippen molar-refractivity contribution < 1.29 is 19.1 Å². The molecule has 27 heavy (non-hydrogen) atoms. The van der Waals surface area contributed by atoms with Gasteiger partial charge >= 0.3 is 5.97 Å². The first-order valence-corrected chi connectivity index (χ1v) is 8.83. The number of ether oxygens (including phenoxy) is 1. The maximum atomic E-state index is 12.6. The van der Waals surface area contributed by atoms with Gasteiger partial charge in [0.2, 0.25) is 11.8 Å². The Morgan fingerprint density at radius 1 is 1.15 bits per heavy atom. The van der Waals surface area contributed by atoms with E-state index in [0.29, 0.717) is 17.8 Å². The molecule has 0 aromatic heterocycles. The zero-order valence-electron chi connectivity index (χ0n) is 15.3. The topological polar surface area (TPSA) is 75.7 Å². The number of amides is 2. The molecule has 0 bridgehead atoms. The second-order valence-corrected chi connectivity index (χ2v) is 6.60. The van der Waals surface area contributed by atoms with Gasteiger partial charge in [-0.3, -0.25) is 9.59 Å². The van der Waals surface area contributed by atoms with Gasteiger partial charge in [0.15, 0.2) is 0 Å². The number of carbonyl (C=O) groups is 3. The van der Waals surface area contributed by atoms with Gasteiger partial charge in [-0.1, -0.05) is 36.4 Å². The summed E-state index contributed by atoms with van der Waals surface area (Å²) in [7, 11) is 1.31. The Hall–Kier alpha value is -3.15. The van der Waals surface area contributed by atoms with E-state index in [0.717, 1.165) is 5.56 Å². The Morgan fingerprint density at radius 2 is 1.89 bits per heavy atom. The molecule has 2 aromatic rings. The Kier molecular flexibility index (Phi) is 5.54. The van der Waals surface area contributed by atoms with Gasteiger partial charge in [0, 0.05) is 18.7 Å². The predicted octanol–water partition coefficient (Wildman–Crippen LogP) is 3.02. The molecule has 6 heteroatoms. The smallest absolute Gasteiger partial charge is 0.337 e. The van der Waals surface area contributed by atoms with Gasteiger partial charge in [-0.25, -0.2) is 4.79 Å². The van der Waals surface area contributed by atoms with Crippen LogP contribution in [0.5, 0.6) is 0 Å². The summed E-state index contributed by atoms with van der Waals surface area (Å²) in [6, 6.07) is 16.2. The van der Waals surface area contributed by atoms with Crippen LogP contribution in [-0.2, 0) is 14.3 Å². The van der Waals surface area contributed by atoms with Crippen molar-refractivity contribution in [2.75, 3.05) is 19.0 Å². The van der Waals surface area contributed by atoms with E-state index < -0.39 is 11.9 Å². The van der Waals surface area contributed by atoms with E-state index in [2.05, 4.69) is 10.1 Å². The lowest BCUT2D eigenvalue weighted by molar-refractivity contribution is -0.129. The molecular formula is C21H22N2O4. The number of esters is 1. The summed E-state index contributed by atoms with van der Waals surface area (Å²) < 4.78 is 4.69. The first-order chi connectivity index (χ1) is 13.0. The molecule has 6 nitrogen and oxygen atoms in total. The second kappa shape index (κ2) is 8.03. The van der Waals surface area contributed by atoms with E-state index >= 15 is 0 Å². The Balaban J connectivity index is 1.67. The number of benzene rings is 2. The van der Waals surface area contributed by atoms with Crippen LogP contribution in [-0.4, -0.2) is 36.3 Å². The number of hydrogen-bond donors (Lipinski definition) is 1. The molecule has 1 aliphatic heterocycles. The molecule has 1 N–H and O–H groups in total. The van der Waals surface area contributed by atoms with Crippen LogP contribution in [0.2, 0.25) is 0 Å². The number of rotatable bonds is 5. The lowest BCUT2D eigenvalue weighted by Gasteiger charge is -2.25. The predicted molar refractivity (Wildman–Crippen MR) is 101 cm³/mol. The third-order valence-corrected chi connectivity index (χ3v) is 4.83. The number of methoxy groups -OCH3 is 1. The van der Waals surface area contributed by atoms with Crippen molar-refractivity contribution in [3.8, 4) is 0 Å². The second-order valence-electron chi connectivity index (χ2n) is 6.60. The highest BCUT2D eigenvalue weighted by atomic mass is 16.5. The molecule has 2 amide bonds. The summed E-state index contributed by atoms with van der Waals surface area (Å²) in [6.07, 6.45) is 0.180. The highest BCUT2D eigenvalue weighted by Gasteiger charge is 2.37. The molecule has 2 unspecified atom stereocenters. The van der Waals surface area contributed by atoms with Gasteiger partial charge in [-0.2, -0.15) is 0 Å². The maximum absolute atomic E-state index is 12.6. The summed E-state index contributed by atoms with van der Waals surface area (Å²) in [6.45, 7) is 2.34. The summed E-state index contributed by atoms with van der Waals surface area (Å²) in [5.41, 5.74) is 1.90. The standard InChI is InChI=1S/C21H22N2O4/c1-14(15-7-4-3-5-8-15)23-13-17(12-19(23)24)20(25)22-18-10-6-9-16(11-18)21(26)27-2/h3-11,14,17H,12-13H2,1-2H3,(H,22,25). The SMILES string of the molecule is COC(=O)c1cccc(NC(=O)C2CC(=O)N(C(C)c3ccccc3)C2)c1. The molecule has 0 saturated carbocycles. The number of carbonyl (C=O) groups excluding carboxylic acids is 3. The summed E-state index contributed by atoms with van der Waals surface area (Å²) in [5.74, 6) is -1.15. The van der Waals surface area contributed by atoms with E-state index in [1.807, 2.05) is 37.3 Å². The third kappa shape index (κ3) is 4.16. The lowest BCUT2D eigenvalue weighted by atomic mass is 10.1. The van der Waals surface area contributed by atoms with Crippen molar-refractivity contribution in [2.45, 2.75) is 19.4 Å². The molecule has 2 aromatic carbocycles. The molecular weight excluding hydrogens is 344 g/mol. The Morgan fingerprint density at radius 3 is 2.59 bits per heavy atom. The minimum atomic E-state index is -0.468. The number of anilines is 1. The van der Waals surface area contributed by atoms with E-state index in [4.69, 9.17) is 0 Å². The number of nitrogens with zero attached hydrogens (tertiary/aromatic N) is 1. The van der Waals surface area contributed by atoms with Crippen molar-refractivity contribution in [3.63, 3.8) is 0 Å². The Bertz CT molecular complexity index is 850. The van der Waals surface area contributed by atoms with Crippen molar-refractivity contribution in [3.05, 3.63) is 65.7 Å². The summed E-state index contributed by atoms with van der Waals surface area (Å²) >= 11 is 0. The molecule has 0 radical (unpaired) electrons. The molecule has 2 atom stereocenters. The van der Waals surface area contributed by atoms with Crippen LogP contribution in [0.3, 0.4) is 0 Å². The molecule has 0 aliphatic carbocycles. The summed E-state index contributed by atoms with van der Waals surface area (Å²) in [5, 5.41) is 2.80. The monoisotopic (exact) mass is 366 g/mol. The van der Waals surface area contributed by atoms with Crippen LogP contribution in [0, 0.1) is 5.92 Å². The van der Waals surface area contributed by atoms with Crippen molar-refractivity contribution in [1.82, 2.24) is 4.90 Å². The Labute approximate surface area is 158 Å². The van der Waals surface area contributed by atoms with Gasteiger partial charge in [0.1, 0.15) is 0 Å². The fourth-order valence-electron chi connectivity index (χ4n) is 3.28. The molecule has 0 spiro atoms. The molecule has 1 fully saturated rings. The largest absolute Gasteiger partial charge is 0.465 e. The van der Waals surface area contributed by atoms with Gasteiger partial charge in [-0.15, -0.1) is 0 Å². The summed E-state index contributed by atoms with van der Waals surface area (Å²) in [4.78, 5) is 38.4. The normalized spacial score (nSPS) is 17.5. The quantitative estimate of drug-likeness (QED) is 0.826. The van der Waals surface area contributed by atoms with E-state index in [1.165, 1.54) is 7.11 Å². The number of likely N-dealkylation sites (tertiary alicyclic amines) is 1. The van der Waals surface area contributed by atoms with E-state index in [-0.39, 0.29) is 24.3 Å². The number of hydrogen-bond acceptors (Lipinski definition) is 4. The zero-order valence-corrected chi connectivity index (χ0v) is 15.3. The zero-order chi connectivity index (χ0) is 19.4. The van der Waals surface area contributed by atoms with E-state index in [1.54, 1.807) is 29.2 Å². The van der Waals surface area contributed by atoms with Crippen molar-refractivity contribution in [2.24, 2.45) is 5.92 Å². The third-order valence-electron chi connectivity index (χ3n) is 4.83. The fraction of sp³-hybridized carbons (Fsp3) is 0.286. The van der Waals surface area contributed by atoms with Gasteiger partial charge < -0.3 is 15.0 Å². The van der Waals surface area contributed by atoms with Crippen LogP contribution in [0.1, 0.15) is 35.3 Å². The minimum absolute atomic E-state index is 0.0326. The van der Waals surface area contributed by atoms with Gasteiger partial charge in [-0.05, 0) is 30.7 Å². The first-order valence-electron chi connectivity index (χ1n) is 8.83. The van der Waals surface area contributed by atoms with Crippen LogP contribution in [0.15, 0.2) is 54.6 Å². The first kappa shape index (κ1) is 18.6. The van der Waals surface area contributed by atoms with Gasteiger partial charge in [0.05, 0.1) is 24.6 Å². The van der Waals surface area contributed by atoms with Gasteiger partial charge in [0.25, 0.3) is 0 Å². The number of nitrogens with one attached hydrogen (secondary N) is 1. The van der Waals surface area contributed by atoms with Crippen LogP contribution >= 0.6 is 0 Å².